The summed E-state index contributed by atoms with van der Waals surface area (Å²) in [5.74, 6) is -0.373. The molecule has 12 aromatic rings. The first-order chi connectivity index (χ1) is 53.3. The summed E-state index contributed by atoms with van der Waals surface area (Å²) in [5.41, 5.74) is 20.1. The van der Waals surface area contributed by atoms with Crippen molar-refractivity contribution < 1.29 is 42.6 Å². The van der Waals surface area contributed by atoms with Crippen molar-refractivity contribution in [3.8, 4) is 45.5 Å². The van der Waals surface area contributed by atoms with Gasteiger partial charge in [0.2, 0.25) is 0 Å². The Hall–Kier alpha value is -11.4. The number of benzene rings is 9. The average Bonchev–Trinajstić information content (AvgIpc) is 1.30. The molecule has 6 aliphatic rings. The van der Waals surface area contributed by atoms with E-state index in [4.69, 9.17) is 21.4 Å². The number of carboxylic acid groups (broad SMARTS) is 2. The molecule has 556 valence electrons. The van der Waals surface area contributed by atoms with Crippen molar-refractivity contribution in [1.82, 2.24) is 13.7 Å². The quantitative estimate of drug-likeness (QED) is 0.0622. The summed E-state index contributed by atoms with van der Waals surface area (Å²) in [6, 6.07) is 74.2. The predicted octanol–water partition coefficient (Wildman–Crippen LogP) is 21.7. The van der Waals surface area contributed by atoms with Gasteiger partial charge >= 0.3 is 11.9 Å². The lowest BCUT2D eigenvalue weighted by molar-refractivity contribution is -0.142. The van der Waals surface area contributed by atoms with E-state index in [1.54, 1.807) is 41.1 Å². The van der Waals surface area contributed by atoms with E-state index in [-0.39, 0.29) is 46.5 Å². The van der Waals surface area contributed by atoms with Crippen LogP contribution in [0.25, 0.3) is 66.1 Å². The maximum atomic E-state index is 14.7. The molecule has 9 aromatic carbocycles. The highest BCUT2D eigenvalue weighted by Crippen LogP contribution is 2.64. The number of Topliss-reactive ketones (excluding diaryl/α,β-unsaturated/α-hetero) is 2. The highest BCUT2D eigenvalue weighted by Gasteiger charge is 2.54. The van der Waals surface area contributed by atoms with Gasteiger partial charge in [0.1, 0.15) is 17.5 Å². The van der Waals surface area contributed by atoms with Gasteiger partial charge in [0, 0.05) is 104 Å². The predicted molar refractivity (Wildman–Crippen MR) is 424 cm³/mol. The van der Waals surface area contributed by atoms with Crippen LogP contribution in [0.2, 0.25) is 0 Å². The first kappa shape index (κ1) is 74.1. The van der Waals surface area contributed by atoms with Gasteiger partial charge in [-0.2, -0.15) is 10.5 Å². The molecule has 3 aromatic heterocycles. The third-order valence-corrected chi connectivity index (χ3v) is 24.5. The zero-order valence-corrected chi connectivity index (χ0v) is 61.6. The summed E-state index contributed by atoms with van der Waals surface area (Å²) in [6.07, 6.45) is 21.5. The number of nitriles is 2. The molecule has 6 saturated carbocycles. The van der Waals surface area contributed by atoms with E-state index in [0.29, 0.717) is 123 Å². The number of hydrogen-bond donors (Lipinski definition) is 3. The molecular formula is C95H89F3N6O6. The number of carboxylic acids is 2. The Morgan fingerprint density at radius 1 is 0.364 bits per heavy atom. The molecule has 6 fully saturated rings. The molecule has 3 heterocycles. The number of rotatable bonds is 20. The van der Waals surface area contributed by atoms with Gasteiger partial charge in [-0.15, -0.1) is 0 Å². The number of aromatic nitrogens is 3. The van der Waals surface area contributed by atoms with Crippen LogP contribution in [-0.4, -0.2) is 53.5 Å². The molecule has 0 amide bonds. The van der Waals surface area contributed by atoms with Crippen LogP contribution < -0.4 is 5.73 Å². The molecule has 0 aliphatic heterocycles. The smallest absolute Gasteiger partial charge is 0.337 e. The van der Waals surface area contributed by atoms with Crippen molar-refractivity contribution in [1.29, 1.82) is 10.5 Å². The maximum Gasteiger partial charge on any atom is 0.337 e. The minimum Gasteiger partial charge on any atom is -0.481 e. The summed E-state index contributed by atoms with van der Waals surface area (Å²) in [6.45, 7) is 1.61. The highest BCUT2D eigenvalue weighted by molar-refractivity contribution is 6.08. The topological polar surface area (TPSA) is 197 Å². The molecule has 0 bridgehead atoms. The van der Waals surface area contributed by atoms with Gasteiger partial charge in [0.15, 0.2) is 11.6 Å². The van der Waals surface area contributed by atoms with Gasteiger partial charge in [-0.1, -0.05) is 164 Å². The van der Waals surface area contributed by atoms with Crippen molar-refractivity contribution in [3.05, 3.63) is 288 Å². The number of aliphatic carboxylic acids is 1. The van der Waals surface area contributed by atoms with Crippen LogP contribution in [0.3, 0.4) is 0 Å². The van der Waals surface area contributed by atoms with E-state index in [0.717, 1.165) is 102 Å². The number of hydrogen-bond acceptors (Lipinski definition) is 7. The van der Waals surface area contributed by atoms with Crippen molar-refractivity contribution in [2.24, 2.45) is 51.6 Å². The van der Waals surface area contributed by atoms with Gasteiger partial charge in [0.25, 0.3) is 0 Å². The zero-order chi connectivity index (χ0) is 76.3. The van der Waals surface area contributed by atoms with Crippen LogP contribution in [0.1, 0.15) is 157 Å². The Bertz CT molecular complexity index is 5420. The SMILES string of the molecule is N#CCC1CC2(C1)CC(CC(=O)c1ccc(F)c3ccn(Cc4ccc(-c5ccccc5)cc4)c13)C2.N#CCC1CC2(CC(N)C2)C1.O=C(O)CC1CC2(C1)CC(CC(=O)c1ccc(F)c3ccn(Cc4ccc(-c5ccccc5)cc4)c13)C2.O=C(O)c1ccc(F)c2ccn(Cc3ccc(-c4ccccc4)cc3)c12. The molecule has 0 saturated heterocycles. The van der Waals surface area contributed by atoms with Crippen molar-refractivity contribution in [3.63, 3.8) is 0 Å². The molecule has 110 heavy (non-hydrogen) atoms. The Balaban J connectivity index is 0.000000124. The third-order valence-electron chi connectivity index (χ3n) is 24.5. The molecule has 3 spiro atoms. The molecule has 12 nitrogen and oxygen atoms in total. The second kappa shape index (κ2) is 31.7. The lowest BCUT2D eigenvalue weighted by Gasteiger charge is -2.58. The first-order valence-electron chi connectivity index (χ1n) is 38.6. The van der Waals surface area contributed by atoms with Gasteiger partial charge < -0.3 is 29.6 Å². The lowest BCUT2D eigenvalue weighted by atomic mass is 9.47. The molecule has 18 rings (SSSR count). The molecule has 15 heteroatoms. The lowest BCUT2D eigenvalue weighted by Crippen LogP contribution is -2.53. The van der Waals surface area contributed by atoms with Gasteiger partial charge in [0.05, 0.1) is 34.3 Å². The van der Waals surface area contributed by atoms with E-state index in [1.165, 1.54) is 55.5 Å². The molecule has 4 N–H and O–H groups in total. The second-order valence-corrected chi connectivity index (χ2v) is 32.5. The maximum absolute atomic E-state index is 14.7. The molecule has 0 radical (unpaired) electrons. The highest BCUT2D eigenvalue weighted by atomic mass is 19.1. The van der Waals surface area contributed by atoms with Crippen LogP contribution in [0.5, 0.6) is 0 Å². The van der Waals surface area contributed by atoms with Crippen molar-refractivity contribution in [2.75, 3.05) is 0 Å². The molecule has 6 aliphatic carbocycles. The van der Waals surface area contributed by atoms with Crippen LogP contribution in [-0.2, 0) is 24.4 Å². The average molecular weight is 1470 g/mol. The normalized spacial score (nSPS) is 22.3. The summed E-state index contributed by atoms with van der Waals surface area (Å²) < 4.78 is 49.1. The monoisotopic (exact) mass is 1470 g/mol. The minimum absolute atomic E-state index is 0.0608. The van der Waals surface area contributed by atoms with E-state index >= 15 is 0 Å². The molecular weight excluding hydrogens is 1380 g/mol. The van der Waals surface area contributed by atoms with Gasteiger partial charge in [-0.05, 0) is 228 Å². The van der Waals surface area contributed by atoms with E-state index < -0.39 is 17.8 Å². The Morgan fingerprint density at radius 3 is 0.945 bits per heavy atom. The standard InChI is InChI=1S/C32H29FN2O.C32H30FNO3.C22H16FNO2.C9H14N2/c33-29-11-10-28(30(36)16-24-19-32(20-24)17-23(18-32)12-14-34)31-27(29)13-15-35(31)21-22-6-8-26(9-7-22)25-4-2-1-3-5-25;33-28-11-10-27(29(35)14-22-16-32(17-22)18-23(19-32)15-30(36)37)31-26(28)12-13-34(31)20-21-6-8-25(9-7-21)24-4-2-1-3-5-24;23-20-11-10-19(22(25)26)21-18(20)12-13-24(21)14-15-6-8-17(9-7-15)16-4-2-1-3-5-16;10-2-1-7-3-9(4-7)5-8(11)6-9/h1-11,13,15,23-24H,12,16-21H2;1-13,22-23H,14-20H2,(H,36,37);1-13H,14H2,(H,25,26);7-8H,1,3-6,11H2. The van der Waals surface area contributed by atoms with Crippen molar-refractivity contribution in [2.45, 2.75) is 135 Å². The molecule has 0 unspecified atom stereocenters. The van der Waals surface area contributed by atoms with Crippen LogP contribution >= 0.6 is 0 Å². The Morgan fingerprint density at radius 2 is 0.645 bits per heavy atom. The zero-order valence-electron chi connectivity index (χ0n) is 61.6. The van der Waals surface area contributed by atoms with Gasteiger partial charge in [-0.25, -0.2) is 18.0 Å². The minimum atomic E-state index is -1.06. The number of nitrogens with zero attached hydrogens (tertiary/aromatic N) is 5. The number of fused-ring (bicyclic) bond motifs is 3. The summed E-state index contributed by atoms with van der Waals surface area (Å²) in [4.78, 5) is 49.2. The number of aromatic carboxylic acids is 1. The van der Waals surface area contributed by atoms with E-state index in [9.17, 15) is 37.5 Å². The number of carbonyl (C=O) groups is 4. The summed E-state index contributed by atoms with van der Waals surface area (Å²) >= 11 is 0. The fourth-order valence-electron chi connectivity index (χ4n) is 19.6. The number of halogens is 3. The largest absolute Gasteiger partial charge is 0.481 e. The second-order valence-electron chi connectivity index (χ2n) is 32.5. The van der Waals surface area contributed by atoms with Crippen LogP contribution in [0, 0.1) is 85.9 Å². The Labute approximate surface area is 639 Å². The van der Waals surface area contributed by atoms with E-state index in [1.807, 2.05) is 100 Å². The fourth-order valence-corrected chi connectivity index (χ4v) is 19.6. The van der Waals surface area contributed by atoms with Crippen LogP contribution in [0.4, 0.5) is 13.2 Å². The van der Waals surface area contributed by atoms with E-state index in [2.05, 4.69) is 97.1 Å². The number of carbonyl (C=O) groups excluding carboxylic acids is 2. The summed E-state index contributed by atoms with van der Waals surface area (Å²) in [7, 11) is 0. The first-order valence-corrected chi connectivity index (χ1v) is 38.6. The van der Waals surface area contributed by atoms with Gasteiger partial charge in [-0.3, -0.25) is 14.4 Å². The fraction of sp³-hybridized carbons (Fsp3) is 0.305. The molecule has 0 atom stereocenters. The van der Waals surface area contributed by atoms with Crippen molar-refractivity contribution >= 4 is 56.2 Å². The number of ketones is 2. The Kier molecular flexibility index (Phi) is 21.3. The number of nitrogens with two attached hydrogens (primary N) is 1. The summed E-state index contributed by atoms with van der Waals surface area (Å²) in [5, 5.41) is 37.1. The van der Waals surface area contributed by atoms with Crippen LogP contribution in [0.15, 0.2) is 237 Å². The third kappa shape index (κ3) is 16.0.